The molecule has 0 bridgehead atoms. The molecule has 0 saturated heterocycles. The maximum absolute atomic E-state index is 12.8. The van der Waals surface area contributed by atoms with Gasteiger partial charge in [0, 0.05) is 21.2 Å². The van der Waals surface area contributed by atoms with E-state index in [9.17, 15) is 14.7 Å². The van der Waals surface area contributed by atoms with Crippen LogP contribution in [0.25, 0.3) is 5.57 Å². The maximum Gasteiger partial charge on any atom is 0.194 e. The number of fused-ring (bicyclic) bond motifs is 2. The van der Waals surface area contributed by atoms with Gasteiger partial charge in [0.05, 0.1) is 0 Å². The molecule has 3 nitrogen and oxygen atoms in total. The van der Waals surface area contributed by atoms with Crippen LogP contribution < -0.4 is 0 Å². The number of phenolic OH excluding ortho intramolecular Hbond substituents is 1. The van der Waals surface area contributed by atoms with E-state index in [0.717, 1.165) is 15.6 Å². The van der Waals surface area contributed by atoms with Crippen LogP contribution in [0.1, 0.15) is 37.4 Å². The summed E-state index contributed by atoms with van der Waals surface area (Å²) in [4.78, 5) is 25.6. The molecule has 26 heavy (non-hydrogen) atoms. The highest BCUT2D eigenvalue weighted by molar-refractivity contribution is 9.10. The Morgan fingerprint density at radius 1 is 0.846 bits per heavy atom. The van der Waals surface area contributed by atoms with Crippen LogP contribution in [0, 0.1) is 0 Å². The topological polar surface area (TPSA) is 54.4 Å². The number of halogens is 1. The zero-order chi connectivity index (χ0) is 18.3. The highest BCUT2D eigenvalue weighted by atomic mass is 79.9. The van der Waals surface area contributed by atoms with Crippen molar-refractivity contribution in [2.45, 2.75) is 0 Å². The van der Waals surface area contributed by atoms with Crippen molar-refractivity contribution in [2.24, 2.45) is 0 Å². The molecule has 0 aromatic heterocycles. The second-order valence-electron chi connectivity index (χ2n) is 6.04. The van der Waals surface area contributed by atoms with Crippen molar-refractivity contribution < 1.29 is 14.7 Å². The van der Waals surface area contributed by atoms with E-state index >= 15 is 0 Å². The Bertz CT molecular complexity index is 1100. The molecule has 0 amide bonds. The highest BCUT2D eigenvalue weighted by Crippen LogP contribution is 2.37. The van der Waals surface area contributed by atoms with Crippen LogP contribution in [-0.4, -0.2) is 16.7 Å². The number of hydrogen-bond acceptors (Lipinski definition) is 3. The molecule has 0 fully saturated rings. The standard InChI is InChI=1S/C22H13BrO3/c23-14-8-9-18-19(11-14)20(16-6-1-2-7-17(16)22(18)26)12-21(25)13-4-3-5-15(24)10-13/h1-12,24H. The summed E-state index contributed by atoms with van der Waals surface area (Å²) < 4.78 is 0.833. The molecule has 3 aromatic carbocycles. The smallest absolute Gasteiger partial charge is 0.194 e. The molecular formula is C22H13BrO3. The minimum absolute atomic E-state index is 0.0385. The molecule has 126 valence electrons. The number of aromatic hydroxyl groups is 1. The summed E-state index contributed by atoms with van der Waals surface area (Å²) in [7, 11) is 0. The van der Waals surface area contributed by atoms with Crippen molar-refractivity contribution in [2.75, 3.05) is 0 Å². The molecule has 1 aliphatic carbocycles. The fraction of sp³-hybridized carbons (Fsp3) is 0. The van der Waals surface area contributed by atoms with Gasteiger partial charge in [-0.2, -0.15) is 0 Å². The summed E-state index contributed by atoms with van der Waals surface area (Å²) in [5.74, 6) is -0.243. The average Bonchev–Trinajstić information content (AvgIpc) is 2.65. The van der Waals surface area contributed by atoms with Crippen LogP contribution >= 0.6 is 15.9 Å². The van der Waals surface area contributed by atoms with E-state index in [-0.39, 0.29) is 17.3 Å². The summed E-state index contributed by atoms with van der Waals surface area (Å²) in [6, 6.07) is 19.0. The lowest BCUT2D eigenvalue weighted by atomic mass is 9.80. The second-order valence-corrected chi connectivity index (χ2v) is 6.95. The van der Waals surface area contributed by atoms with Gasteiger partial charge in [0.15, 0.2) is 11.6 Å². The van der Waals surface area contributed by atoms with Crippen LogP contribution in [0.15, 0.2) is 77.3 Å². The van der Waals surface area contributed by atoms with Crippen LogP contribution in [0.4, 0.5) is 0 Å². The third-order valence-electron chi connectivity index (χ3n) is 4.38. The second kappa shape index (κ2) is 6.39. The lowest BCUT2D eigenvalue weighted by Gasteiger charge is -2.21. The van der Waals surface area contributed by atoms with Crippen molar-refractivity contribution in [1.82, 2.24) is 0 Å². The van der Waals surface area contributed by atoms with Crippen LogP contribution in [0.2, 0.25) is 0 Å². The maximum atomic E-state index is 12.8. The summed E-state index contributed by atoms with van der Waals surface area (Å²) in [6.45, 7) is 0. The van der Waals surface area contributed by atoms with Crippen LogP contribution in [-0.2, 0) is 0 Å². The van der Waals surface area contributed by atoms with E-state index in [1.54, 1.807) is 24.3 Å². The van der Waals surface area contributed by atoms with E-state index in [0.29, 0.717) is 22.3 Å². The summed E-state index contributed by atoms with van der Waals surface area (Å²) in [5.41, 5.74) is 3.69. The first-order valence-electron chi connectivity index (χ1n) is 8.03. The molecule has 1 N–H and O–H groups in total. The Morgan fingerprint density at radius 3 is 2.35 bits per heavy atom. The molecule has 0 unspecified atom stereocenters. The van der Waals surface area contributed by atoms with Gasteiger partial charge in [-0.05, 0) is 53.1 Å². The molecule has 0 radical (unpaired) electrons. The van der Waals surface area contributed by atoms with Crippen molar-refractivity contribution in [3.05, 3.63) is 105 Å². The molecule has 4 rings (SSSR count). The van der Waals surface area contributed by atoms with Crippen LogP contribution in [0.3, 0.4) is 0 Å². The third kappa shape index (κ3) is 2.78. The van der Waals surface area contributed by atoms with Gasteiger partial charge in [0.1, 0.15) is 5.75 Å². The largest absolute Gasteiger partial charge is 0.508 e. The predicted molar refractivity (Wildman–Crippen MR) is 104 cm³/mol. The van der Waals surface area contributed by atoms with Gasteiger partial charge in [-0.15, -0.1) is 0 Å². The molecule has 0 saturated carbocycles. The molecular weight excluding hydrogens is 392 g/mol. The van der Waals surface area contributed by atoms with Crippen molar-refractivity contribution in [3.8, 4) is 5.75 Å². The Hall–Kier alpha value is -2.98. The van der Waals surface area contributed by atoms with Gasteiger partial charge < -0.3 is 5.11 Å². The highest BCUT2D eigenvalue weighted by Gasteiger charge is 2.27. The van der Waals surface area contributed by atoms with Gasteiger partial charge in [-0.1, -0.05) is 52.3 Å². The van der Waals surface area contributed by atoms with Crippen molar-refractivity contribution >= 4 is 33.1 Å². The van der Waals surface area contributed by atoms with Gasteiger partial charge in [0.2, 0.25) is 0 Å². The average molecular weight is 405 g/mol. The first kappa shape index (κ1) is 16.5. The predicted octanol–water partition coefficient (Wildman–Crippen LogP) is 5.01. The summed E-state index contributed by atoms with van der Waals surface area (Å²) >= 11 is 3.44. The Balaban J connectivity index is 1.93. The molecule has 1 aliphatic rings. The molecule has 0 atom stereocenters. The van der Waals surface area contributed by atoms with E-state index < -0.39 is 0 Å². The minimum atomic E-state index is -0.231. The number of carbonyl (C=O) groups excluding carboxylic acids is 2. The van der Waals surface area contributed by atoms with Gasteiger partial charge in [0.25, 0.3) is 0 Å². The Morgan fingerprint density at radius 2 is 1.58 bits per heavy atom. The summed E-state index contributed by atoms with van der Waals surface area (Å²) in [6.07, 6.45) is 1.53. The van der Waals surface area contributed by atoms with Gasteiger partial charge in [-0.25, -0.2) is 0 Å². The third-order valence-corrected chi connectivity index (χ3v) is 4.88. The van der Waals surface area contributed by atoms with Crippen molar-refractivity contribution in [3.63, 3.8) is 0 Å². The van der Waals surface area contributed by atoms with E-state index in [2.05, 4.69) is 15.9 Å². The van der Waals surface area contributed by atoms with Crippen molar-refractivity contribution in [1.29, 1.82) is 0 Å². The van der Waals surface area contributed by atoms with E-state index in [1.165, 1.54) is 18.2 Å². The fourth-order valence-corrected chi connectivity index (χ4v) is 3.53. The van der Waals surface area contributed by atoms with E-state index in [1.807, 2.05) is 30.3 Å². The molecule has 4 heteroatoms. The molecule has 3 aromatic rings. The number of benzene rings is 3. The number of ketones is 2. The molecule has 0 heterocycles. The fourth-order valence-electron chi connectivity index (χ4n) is 3.17. The lowest BCUT2D eigenvalue weighted by Crippen LogP contribution is -2.15. The molecule has 0 spiro atoms. The normalized spacial score (nSPS) is 14.0. The lowest BCUT2D eigenvalue weighted by molar-refractivity contribution is 0.103. The first-order valence-corrected chi connectivity index (χ1v) is 8.83. The number of carbonyl (C=O) groups is 2. The zero-order valence-electron chi connectivity index (χ0n) is 13.6. The van der Waals surface area contributed by atoms with Crippen LogP contribution in [0.5, 0.6) is 5.75 Å². The summed E-state index contributed by atoms with van der Waals surface area (Å²) in [5, 5.41) is 9.63. The minimum Gasteiger partial charge on any atom is -0.508 e. The SMILES string of the molecule is O=C(C=C1c2ccccc2C(=O)c2ccc(Br)cc21)c1cccc(O)c1. The number of phenols is 1. The van der Waals surface area contributed by atoms with Gasteiger partial charge in [-0.3, -0.25) is 9.59 Å². The van der Waals surface area contributed by atoms with Gasteiger partial charge >= 0.3 is 0 Å². The number of allylic oxidation sites excluding steroid dienone is 1. The first-order chi connectivity index (χ1) is 12.5. The monoisotopic (exact) mass is 404 g/mol. The zero-order valence-corrected chi connectivity index (χ0v) is 15.2. The number of rotatable bonds is 2. The quantitative estimate of drug-likeness (QED) is 0.377. The Kier molecular flexibility index (Phi) is 4.05. The Labute approximate surface area is 158 Å². The van der Waals surface area contributed by atoms with E-state index in [4.69, 9.17) is 0 Å². The number of hydrogen-bond donors (Lipinski definition) is 1. The molecule has 0 aliphatic heterocycles.